The molecule has 0 fully saturated rings. The van der Waals surface area contributed by atoms with Gasteiger partial charge in [0, 0.05) is 23.7 Å². The summed E-state index contributed by atoms with van der Waals surface area (Å²) < 4.78 is 2.58. The highest BCUT2D eigenvalue weighted by Gasteiger charge is 2.26. The predicted octanol–water partition coefficient (Wildman–Crippen LogP) is 4.65. The highest BCUT2D eigenvalue weighted by atomic mass is 32.1. The number of rotatable bonds is 8. The number of thiazole rings is 1. The summed E-state index contributed by atoms with van der Waals surface area (Å²) in [6.45, 7) is 0.0299. The lowest BCUT2D eigenvalue weighted by Crippen LogP contribution is -2.32. The molecule has 200 valence electrons. The Morgan fingerprint density at radius 1 is 1.02 bits per heavy atom. The summed E-state index contributed by atoms with van der Waals surface area (Å²) in [4.78, 5) is 36.1. The number of nitrogens with one attached hydrogen (secondary N) is 2. The number of anilines is 1. The van der Waals surface area contributed by atoms with Crippen molar-refractivity contribution in [3.8, 4) is 11.3 Å². The van der Waals surface area contributed by atoms with Gasteiger partial charge in [0.1, 0.15) is 11.4 Å². The minimum absolute atomic E-state index is 0.270. The van der Waals surface area contributed by atoms with Crippen LogP contribution in [0.15, 0.2) is 83.7 Å². The lowest BCUT2D eigenvalue weighted by molar-refractivity contribution is 0.0908. The van der Waals surface area contributed by atoms with Gasteiger partial charge in [-0.05, 0) is 46.8 Å². The average molecular weight is 569 g/mol. The zero-order valence-corrected chi connectivity index (χ0v) is 22.7. The number of fused-ring (bicyclic) bond motifs is 2. The molecule has 0 saturated carbocycles. The number of hydrogen-bond acceptors (Lipinski definition) is 8. The summed E-state index contributed by atoms with van der Waals surface area (Å²) in [5.74, 6) is -0.729. The van der Waals surface area contributed by atoms with Crippen molar-refractivity contribution >= 4 is 55.5 Å². The Bertz CT molecular complexity index is 1830. The van der Waals surface area contributed by atoms with Crippen LogP contribution < -0.4 is 16.4 Å². The van der Waals surface area contributed by atoms with E-state index in [1.54, 1.807) is 22.7 Å². The fourth-order valence-corrected chi connectivity index (χ4v) is 6.02. The number of benzene rings is 2. The Kier molecular flexibility index (Phi) is 6.99. The molecular formula is C29H24N6O3S2. The number of aliphatic hydroxyl groups is 1. The number of aliphatic hydroxyl groups excluding tert-OH is 1. The number of aromatic nitrogens is 3. The van der Waals surface area contributed by atoms with Crippen LogP contribution in [0, 0.1) is 0 Å². The molecule has 9 nitrogen and oxygen atoms in total. The van der Waals surface area contributed by atoms with Crippen molar-refractivity contribution in [2.24, 2.45) is 0 Å². The molecule has 0 aliphatic carbocycles. The first kappa shape index (κ1) is 25.7. The molecule has 0 bridgehead atoms. The smallest absolute Gasteiger partial charge is 0.271 e. The van der Waals surface area contributed by atoms with E-state index in [-0.39, 0.29) is 18.2 Å². The van der Waals surface area contributed by atoms with Crippen LogP contribution in [0.2, 0.25) is 0 Å². The van der Waals surface area contributed by atoms with Crippen molar-refractivity contribution in [3.63, 3.8) is 0 Å². The predicted molar refractivity (Wildman–Crippen MR) is 157 cm³/mol. The maximum atomic E-state index is 13.7. The fourth-order valence-electron chi connectivity index (χ4n) is 4.58. The van der Waals surface area contributed by atoms with Crippen molar-refractivity contribution in [1.29, 1.82) is 0 Å². The molecule has 0 radical (unpaired) electrons. The Labute approximate surface area is 237 Å². The molecule has 0 aliphatic rings. The molecule has 6 aromatic rings. The summed E-state index contributed by atoms with van der Waals surface area (Å²) in [5.41, 5.74) is 10.5. The van der Waals surface area contributed by atoms with Gasteiger partial charge < -0.3 is 21.5 Å². The van der Waals surface area contributed by atoms with Crippen molar-refractivity contribution in [1.82, 2.24) is 25.0 Å². The standard InChI is InChI=1S/C29H24N6O3S2/c30-29-33-21-9-8-17(13-23(21)40-29)14-31-27(37)20-7-4-11-35-25(24(34-26(20)35)19-10-12-39-16-19)28(38)32-22(15-36)18-5-2-1-3-6-18/h1-13,16,22,36H,14-15H2,(H2,30,33)(H,31,37)(H,32,38)/t22-/m0/s1. The molecule has 4 aromatic heterocycles. The van der Waals surface area contributed by atoms with E-state index in [1.807, 2.05) is 65.4 Å². The Morgan fingerprint density at radius 3 is 2.65 bits per heavy atom. The van der Waals surface area contributed by atoms with Crippen molar-refractivity contribution in [3.05, 3.63) is 106 Å². The summed E-state index contributed by atoms with van der Waals surface area (Å²) in [5, 5.41) is 20.2. The summed E-state index contributed by atoms with van der Waals surface area (Å²) in [7, 11) is 0. The zero-order chi connectivity index (χ0) is 27.6. The van der Waals surface area contributed by atoms with E-state index < -0.39 is 11.9 Å². The van der Waals surface area contributed by atoms with Gasteiger partial charge in [-0.15, -0.1) is 0 Å². The highest BCUT2D eigenvalue weighted by molar-refractivity contribution is 7.22. The van der Waals surface area contributed by atoms with E-state index in [9.17, 15) is 14.7 Å². The minimum atomic E-state index is -0.604. The molecule has 0 aliphatic heterocycles. The summed E-state index contributed by atoms with van der Waals surface area (Å²) in [6, 6.07) is 19.7. The number of thiophene rings is 1. The van der Waals surface area contributed by atoms with E-state index in [1.165, 1.54) is 22.7 Å². The summed E-state index contributed by atoms with van der Waals surface area (Å²) >= 11 is 2.88. The SMILES string of the molecule is Nc1nc2ccc(CNC(=O)c3cccn4c(C(=O)N[C@@H](CO)c5ccccc5)c(-c5ccsc5)nc34)cc2s1. The van der Waals surface area contributed by atoms with Crippen LogP contribution in [0.3, 0.4) is 0 Å². The van der Waals surface area contributed by atoms with Gasteiger partial charge >= 0.3 is 0 Å². The van der Waals surface area contributed by atoms with Crippen LogP contribution in [0.5, 0.6) is 0 Å². The van der Waals surface area contributed by atoms with Crippen molar-refractivity contribution in [2.45, 2.75) is 12.6 Å². The van der Waals surface area contributed by atoms with E-state index in [0.29, 0.717) is 28.6 Å². The number of imidazole rings is 1. The Balaban J connectivity index is 1.33. The van der Waals surface area contributed by atoms with Crippen LogP contribution in [0.1, 0.15) is 38.0 Å². The molecule has 5 N–H and O–H groups in total. The maximum absolute atomic E-state index is 13.7. The highest BCUT2D eigenvalue weighted by Crippen LogP contribution is 2.29. The number of pyridine rings is 1. The number of nitrogens with two attached hydrogens (primary N) is 1. The quantitative estimate of drug-likeness (QED) is 0.211. The number of nitrogen functional groups attached to an aromatic ring is 1. The summed E-state index contributed by atoms with van der Waals surface area (Å²) in [6.07, 6.45) is 1.71. The van der Waals surface area contributed by atoms with Gasteiger partial charge in [-0.1, -0.05) is 47.7 Å². The molecule has 40 heavy (non-hydrogen) atoms. The van der Waals surface area contributed by atoms with Gasteiger partial charge in [0.05, 0.1) is 28.4 Å². The molecule has 2 amide bonds. The van der Waals surface area contributed by atoms with Crippen molar-refractivity contribution in [2.75, 3.05) is 12.3 Å². The molecule has 2 aromatic carbocycles. The van der Waals surface area contributed by atoms with Gasteiger partial charge in [-0.2, -0.15) is 11.3 Å². The molecule has 11 heteroatoms. The molecular weight excluding hydrogens is 544 g/mol. The van der Waals surface area contributed by atoms with Crippen LogP contribution in [0.25, 0.3) is 27.1 Å². The van der Waals surface area contributed by atoms with E-state index in [0.717, 1.165) is 26.9 Å². The molecule has 0 saturated heterocycles. The first-order valence-electron chi connectivity index (χ1n) is 12.5. The monoisotopic (exact) mass is 568 g/mol. The number of amides is 2. The third kappa shape index (κ3) is 4.93. The largest absolute Gasteiger partial charge is 0.394 e. The Hall–Kier alpha value is -4.58. The molecule has 0 spiro atoms. The van der Waals surface area contributed by atoms with Gasteiger partial charge in [-0.25, -0.2) is 9.97 Å². The van der Waals surface area contributed by atoms with Gasteiger partial charge in [0.25, 0.3) is 11.8 Å². The normalized spacial score (nSPS) is 12.0. The first-order chi connectivity index (χ1) is 19.5. The third-order valence-electron chi connectivity index (χ3n) is 6.52. The number of carbonyl (C=O) groups excluding carboxylic acids is 2. The second-order valence-electron chi connectivity index (χ2n) is 9.09. The van der Waals surface area contributed by atoms with Crippen LogP contribution in [0.4, 0.5) is 5.13 Å². The van der Waals surface area contributed by atoms with Crippen LogP contribution in [-0.2, 0) is 6.54 Å². The number of nitrogens with zero attached hydrogens (tertiary/aromatic N) is 3. The Morgan fingerprint density at radius 2 is 1.88 bits per heavy atom. The van der Waals surface area contributed by atoms with Crippen LogP contribution in [-0.4, -0.2) is 37.9 Å². The molecule has 6 rings (SSSR count). The lowest BCUT2D eigenvalue weighted by Gasteiger charge is -2.17. The number of carbonyl (C=O) groups is 2. The van der Waals surface area contributed by atoms with E-state index >= 15 is 0 Å². The van der Waals surface area contributed by atoms with Crippen molar-refractivity contribution < 1.29 is 14.7 Å². The second-order valence-corrected chi connectivity index (χ2v) is 10.9. The number of hydrogen-bond donors (Lipinski definition) is 4. The lowest BCUT2D eigenvalue weighted by atomic mass is 10.1. The van der Waals surface area contributed by atoms with Crippen LogP contribution >= 0.6 is 22.7 Å². The van der Waals surface area contributed by atoms with Gasteiger partial charge in [0.15, 0.2) is 10.8 Å². The topological polar surface area (TPSA) is 135 Å². The van der Waals surface area contributed by atoms with Gasteiger partial charge in [-0.3, -0.25) is 14.0 Å². The van der Waals surface area contributed by atoms with E-state index in [4.69, 9.17) is 10.7 Å². The first-order valence-corrected chi connectivity index (χ1v) is 14.2. The second kappa shape index (κ2) is 10.9. The zero-order valence-electron chi connectivity index (χ0n) is 21.1. The average Bonchev–Trinajstić information content (AvgIpc) is 3.72. The van der Waals surface area contributed by atoms with Gasteiger partial charge in [0.2, 0.25) is 0 Å². The maximum Gasteiger partial charge on any atom is 0.271 e. The molecule has 4 heterocycles. The fraction of sp³-hybridized carbons (Fsp3) is 0.103. The third-order valence-corrected chi connectivity index (χ3v) is 8.05. The minimum Gasteiger partial charge on any atom is -0.394 e. The molecule has 1 atom stereocenters. The molecule has 0 unspecified atom stereocenters. The van der Waals surface area contributed by atoms with E-state index in [2.05, 4.69) is 15.6 Å².